The summed E-state index contributed by atoms with van der Waals surface area (Å²) in [7, 11) is 0. The third-order valence-corrected chi connectivity index (χ3v) is 8.76. The Balaban J connectivity index is 3.13. The molecule has 0 aromatic heterocycles. The number of hydrogen-bond donors (Lipinski definition) is 2. The van der Waals surface area contributed by atoms with Crippen LogP contribution in [0.4, 0.5) is 0 Å². The van der Waals surface area contributed by atoms with E-state index in [0.29, 0.717) is 35.8 Å². The van der Waals surface area contributed by atoms with Gasteiger partial charge < -0.3 is 19.7 Å². The third-order valence-electron chi connectivity index (χ3n) is 8.76. The molecule has 0 radical (unpaired) electrons. The van der Waals surface area contributed by atoms with Crippen molar-refractivity contribution in [2.45, 2.75) is 92.9 Å². The van der Waals surface area contributed by atoms with Gasteiger partial charge in [0.25, 0.3) is 0 Å². The zero-order valence-electron chi connectivity index (χ0n) is 26.2. The predicted molar refractivity (Wildman–Crippen MR) is 165 cm³/mol. The first kappa shape index (κ1) is 33.0. The fourth-order valence-corrected chi connectivity index (χ4v) is 5.40. The number of carbonyl (C=O) groups excluding carboxylic acids is 1. The molecule has 2 rings (SSSR count). The molecular formula is C35H50O5. The first-order valence-corrected chi connectivity index (χ1v) is 14.7. The van der Waals surface area contributed by atoms with E-state index in [1.165, 1.54) is 0 Å². The number of rotatable bonds is 14. The van der Waals surface area contributed by atoms with E-state index in [1.54, 1.807) is 13.8 Å². The Hall–Kier alpha value is -3.21. The molecule has 0 aliphatic heterocycles. The number of allylic oxidation sites excluding steroid dienone is 4. The number of hydrogen-bond acceptors (Lipinski definition) is 5. The molecule has 2 aromatic carbocycles. The number of benzene rings is 2. The summed E-state index contributed by atoms with van der Waals surface area (Å²) in [5.74, 6) is 0.721. The van der Waals surface area contributed by atoms with Crippen LogP contribution < -0.4 is 9.47 Å². The number of ketones is 1. The monoisotopic (exact) mass is 550 g/mol. The first-order chi connectivity index (χ1) is 18.9. The molecule has 40 heavy (non-hydrogen) atoms. The smallest absolute Gasteiger partial charge is 0.168 e. The molecule has 0 heterocycles. The van der Waals surface area contributed by atoms with Crippen molar-refractivity contribution in [2.24, 2.45) is 11.8 Å². The van der Waals surface area contributed by atoms with Gasteiger partial charge in [-0.2, -0.15) is 0 Å². The van der Waals surface area contributed by atoms with Gasteiger partial charge in [0.1, 0.15) is 33.8 Å². The first-order valence-electron chi connectivity index (χ1n) is 14.7. The van der Waals surface area contributed by atoms with Gasteiger partial charge >= 0.3 is 0 Å². The SMILES string of the molecule is CCOc1ccccc1C(C)(C(=O)C(C)(C(O)=C(C)C(C)CC)c1ccccc1OCC)C(O)=C(C)C(C)CC. The Kier molecular flexibility index (Phi) is 11.5. The normalized spacial score (nSPS) is 17.4. The van der Waals surface area contributed by atoms with E-state index in [1.807, 2.05) is 90.1 Å². The summed E-state index contributed by atoms with van der Waals surface area (Å²) in [5, 5.41) is 24.2. The molecule has 0 amide bonds. The lowest BCUT2D eigenvalue weighted by Crippen LogP contribution is -2.49. The zero-order valence-corrected chi connectivity index (χ0v) is 26.2. The highest BCUT2D eigenvalue weighted by atomic mass is 16.5. The van der Waals surface area contributed by atoms with Crippen LogP contribution >= 0.6 is 0 Å². The number of aliphatic hydroxyl groups is 2. The molecule has 220 valence electrons. The highest BCUT2D eigenvalue weighted by molar-refractivity contribution is 6.03. The van der Waals surface area contributed by atoms with Gasteiger partial charge in [-0.15, -0.1) is 0 Å². The fourth-order valence-electron chi connectivity index (χ4n) is 5.40. The van der Waals surface area contributed by atoms with Crippen LogP contribution in [0.25, 0.3) is 0 Å². The van der Waals surface area contributed by atoms with Crippen molar-refractivity contribution in [3.8, 4) is 11.5 Å². The van der Waals surface area contributed by atoms with Crippen LogP contribution in [-0.4, -0.2) is 29.2 Å². The van der Waals surface area contributed by atoms with Crippen molar-refractivity contribution in [2.75, 3.05) is 13.2 Å². The molecule has 2 N–H and O–H groups in total. The molecule has 5 heteroatoms. The van der Waals surface area contributed by atoms with Crippen molar-refractivity contribution < 1.29 is 24.5 Å². The average molecular weight is 551 g/mol. The lowest BCUT2D eigenvalue weighted by molar-refractivity contribution is -0.129. The molecule has 4 atom stereocenters. The highest BCUT2D eigenvalue weighted by Crippen LogP contribution is 2.49. The minimum atomic E-state index is -1.54. The second-order valence-corrected chi connectivity index (χ2v) is 11.1. The largest absolute Gasteiger partial charge is 0.511 e. The Morgan fingerprint density at radius 1 is 0.700 bits per heavy atom. The molecule has 0 fully saturated rings. The van der Waals surface area contributed by atoms with Gasteiger partial charge in [0.15, 0.2) is 5.78 Å². The number of Topliss-reactive ketones (excluding diaryl/α,β-unsaturated/α-hetero) is 1. The summed E-state index contributed by atoms with van der Waals surface area (Å²) in [5.41, 5.74) is -0.527. The lowest BCUT2D eigenvalue weighted by atomic mass is 9.61. The summed E-state index contributed by atoms with van der Waals surface area (Å²) < 4.78 is 12.0. The van der Waals surface area contributed by atoms with E-state index in [9.17, 15) is 10.2 Å². The second-order valence-electron chi connectivity index (χ2n) is 11.1. The van der Waals surface area contributed by atoms with Crippen molar-refractivity contribution in [3.63, 3.8) is 0 Å². The van der Waals surface area contributed by atoms with Gasteiger partial charge in [0.2, 0.25) is 0 Å². The molecule has 0 bridgehead atoms. The maximum absolute atomic E-state index is 15.4. The summed E-state index contributed by atoms with van der Waals surface area (Å²) in [6.07, 6.45) is 1.60. The summed E-state index contributed by atoms with van der Waals surface area (Å²) >= 11 is 0. The van der Waals surface area contributed by atoms with E-state index < -0.39 is 10.8 Å². The van der Waals surface area contributed by atoms with Crippen LogP contribution in [0.3, 0.4) is 0 Å². The molecular weight excluding hydrogens is 500 g/mol. The maximum Gasteiger partial charge on any atom is 0.168 e. The van der Waals surface area contributed by atoms with E-state index >= 15 is 4.79 Å². The van der Waals surface area contributed by atoms with E-state index in [2.05, 4.69) is 13.8 Å². The Bertz CT molecular complexity index is 1130. The van der Waals surface area contributed by atoms with Gasteiger partial charge in [-0.3, -0.25) is 4.79 Å². The Morgan fingerprint density at radius 3 is 1.32 bits per heavy atom. The van der Waals surface area contributed by atoms with Crippen molar-refractivity contribution in [1.82, 2.24) is 0 Å². The summed E-state index contributed by atoms with van der Waals surface area (Å²) in [4.78, 5) is 15.4. The molecule has 0 spiro atoms. The van der Waals surface area contributed by atoms with Gasteiger partial charge in [0, 0.05) is 11.1 Å². The topological polar surface area (TPSA) is 76.0 Å². The molecule has 5 nitrogen and oxygen atoms in total. The van der Waals surface area contributed by atoms with E-state index in [4.69, 9.17) is 9.47 Å². The molecule has 0 saturated heterocycles. The quantitative estimate of drug-likeness (QED) is 0.230. The number of ether oxygens (including phenoxy) is 2. The van der Waals surface area contributed by atoms with Gasteiger partial charge in [-0.05, 0) is 89.5 Å². The highest BCUT2D eigenvalue weighted by Gasteiger charge is 2.54. The number of para-hydroxylation sites is 2. The van der Waals surface area contributed by atoms with Gasteiger partial charge in [0.05, 0.1) is 13.2 Å². The van der Waals surface area contributed by atoms with Crippen LogP contribution in [0.1, 0.15) is 93.2 Å². The molecule has 2 aromatic rings. The molecule has 4 unspecified atom stereocenters. The standard InChI is InChI=1S/C35H50O5/c1-11-23(5)25(7)31(36)34(9,27-19-15-17-21-29(27)39-13-3)33(38)35(10,32(37)26(8)24(6)12-2)28-20-16-18-22-30(28)40-14-4/h15-24,36-37H,11-14H2,1-10H3. The van der Waals surface area contributed by atoms with Crippen LogP contribution in [0.15, 0.2) is 71.2 Å². The summed E-state index contributed by atoms with van der Waals surface area (Å²) in [6, 6.07) is 14.7. The van der Waals surface area contributed by atoms with Crippen molar-refractivity contribution >= 4 is 5.78 Å². The lowest BCUT2D eigenvalue weighted by Gasteiger charge is -2.41. The zero-order chi connectivity index (χ0) is 30.3. The fraction of sp³-hybridized carbons (Fsp3) is 0.514. The van der Waals surface area contributed by atoms with E-state index in [0.717, 1.165) is 24.0 Å². The number of aliphatic hydroxyl groups excluding tert-OH is 2. The van der Waals surface area contributed by atoms with E-state index in [-0.39, 0.29) is 29.1 Å². The van der Waals surface area contributed by atoms with Crippen molar-refractivity contribution in [1.29, 1.82) is 0 Å². The summed E-state index contributed by atoms with van der Waals surface area (Å²) in [6.45, 7) is 20.0. The molecule has 0 aliphatic rings. The maximum atomic E-state index is 15.4. The molecule has 0 saturated carbocycles. The van der Waals surface area contributed by atoms with Crippen LogP contribution in [0.2, 0.25) is 0 Å². The Labute approximate surface area is 241 Å². The average Bonchev–Trinajstić information content (AvgIpc) is 2.98. The van der Waals surface area contributed by atoms with Crippen LogP contribution in [0.5, 0.6) is 11.5 Å². The van der Waals surface area contributed by atoms with Gasteiger partial charge in [-0.1, -0.05) is 64.1 Å². The third kappa shape index (κ3) is 6.09. The van der Waals surface area contributed by atoms with Crippen LogP contribution in [0, 0.1) is 11.8 Å². The predicted octanol–water partition coefficient (Wildman–Crippen LogP) is 9.02. The van der Waals surface area contributed by atoms with Crippen LogP contribution in [-0.2, 0) is 15.6 Å². The second kappa shape index (κ2) is 13.9. The molecule has 0 aliphatic carbocycles. The van der Waals surface area contributed by atoms with Gasteiger partial charge in [-0.25, -0.2) is 0 Å². The Morgan fingerprint density at radius 2 is 1.02 bits per heavy atom. The van der Waals surface area contributed by atoms with Crippen molar-refractivity contribution in [3.05, 3.63) is 82.3 Å². The minimum absolute atomic E-state index is 0.0203. The number of carbonyl (C=O) groups is 1. The minimum Gasteiger partial charge on any atom is -0.511 e.